The molecular weight excluding hydrogens is 182 g/mol. The van der Waals surface area contributed by atoms with Crippen molar-refractivity contribution in [1.82, 2.24) is 0 Å². The van der Waals surface area contributed by atoms with Crippen molar-refractivity contribution in [3.05, 3.63) is 28.6 Å². The molecule has 0 radical (unpaired) electrons. The average molecular weight is 191 g/mol. The summed E-state index contributed by atoms with van der Waals surface area (Å²) in [4.78, 5) is 11.5. The van der Waals surface area contributed by atoms with Crippen LogP contribution in [0.1, 0.15) is 15.2 Å². The smallest absolute Gasteiger partial charge is 0.160 e. The Hall–Kier alpha value is -1.35. The van der Waals surface area contributed by atoms with Crippen LogP contribution in [0, 0.1) is 6.92 Å². The summed E-state index contributed by atoms with van der Waals surface area (Å²) in [6.45, 7) is 1.96. The molecule has 2 nitrogen and oxygen atoms in total. The minimum Gasteiger partial charge on any atom is -0.399 e. The van der Waals surface area contributed by atoms with Gasteiger partial charge < -0.3 is 5.73 Å². The molecule has 3 heteroatoms. The number of carbonyl (C=O) groups is 1. The Bertz CT molecular complexity index is 473. The van der Waals surface area contributed by atoms with Gasteiger partial charge in [0.05, 0.1) is 4.88 Å². The van der Waals surface area contributed by atoms with Crippen molar-refractivity contribution in [3.8, 4) is 0 Å². The maximum atomic E-state index is 10.7. The summed E-state index contributed by atoms with van der Waals surface area (Å²) in [5.41, 5.74) is 7.44. The van der Waals surface area contributed by atoms with Crippen molar-refractivity contribution in [2.45, 2.75) is 6.92 Å². The average Bonchev–Trinajstić information content (AvgIpc) is 2.42. The number of hydrogen-bond acceptors (Lipinski definition) is 3. The molecule has 1 aromatic heterocycles. The molecular formula is C10H9NOS. The third-order valence-electron chi connectivity index (χ3n) is 2.11. The van der Waals surface area contributed by atoms with Gasteiger partial charge in [0, 0.05) is 10.4 Å². The van der Waals surface area contributed by atoms with Crippen molar-refractivity contribution < 1.29 is 4.79 Å². The second kappa shape index (κ2) is 2.85. The summed E-state index contributed by atoms with van der Waals surface area (Å²) in [6.07, 6.45) is 0.899. The Balaban J connectivity index is 2.83. The zero-order valence-electron chi connectivity index (χ0n) is 7.20. The number of aryl methyl sites for hydroxylation is 1. The number of aldehydes is 1. The maximum absolute atomic E-state index is 10.7. The van der Waals surface area contributed by atoms with Crippen LogP contribution in [0.5, 0.6) is 0 Å². The van der Waals surface area contributed by atoms with Crippen molar-refractivity contribution in [2.75, 3.05) is 5.73 Å². The molecule has 0 aliphatic carbocycles. The number of benzene rings is 1. The highest BCUT2D eigenvalue weighted by Gasteiger charge is 2.06. The first-order valence-electron chi connectivity index (χ1n) is 3.96. The monoisotopic (exact) mass is 191 g/mol. The molecule has 0 saturated heterocycles. The topological polar surface area (TPSA) is 43.1 Å². The molecule has 1 aromatic carbocycles. The Kier molecular flexibility index (Phi) is 1.81. The number of anilines is 1. The second-order valence-electron chi connectivity index (χ2n) is 2.96. The SMILES string of the molecule is Cc1c(C=O)sc2cc(N)ccc12. The molecule has 66 valence electrons. The lowest BCUT2D eigenvalue weighted by Gasteiger charge is -1.92. The van der Waals surface area contributed by atoms with E-state index >= 15 is 0 Å². The lowest BCUT2D eigenvalue weighted by Crippen LogP contribution is -1.81. The number of carbonyl (C=O) groups excluding carboxylic acids is 1. The van der Waals surface area contributed by atoms with E-state index in [-0.39, 0.29) is 0 Å². The van der Waals surface area contributed by atoms with Gasteiger partial charge in [0.25, 0.3) is 0 Å². The number of nitrogen functional groups attached to an aromatic ring is 1. The zero-order chi connectivity index (χ0) is 9.42. The highest BCUT2D eigenvalue weighted by Crippen LogP contribution is 2.30. The van der Waals surface area contributed by atoms with Gasteiger partial charge in [-0.05, 0) is 30.0 Å². The van der Waals surface area contributed by atoms with E-state index in [9.17, 15) is 4.79 Å². The summed E-state index contributed by atoms with van der Waals surface area (Å²) in [7, 11) is 0. The molecule has 1 heterocycles. The highest BCUT2D eigenvalue weighted by atomic mass is 32.1. The van der Waals surface area contributed by atoms with Crippen LogP contribution in [0.2, 0.25) is 0 Å². The van der Waals surface area contributed by atoms with E-state index in [1.54, 1.807) is 0 Å². The van der Waals surface area contributed by atoms with Gasteiger partial charge in [-0.15, -0.1) is 11.3 Å². The number of thiophene rings is 1. The predicted molar refractivity (Wildman–Crippen MR) is 56.4 cm³/mol. The Morgan fingerprint density at radius 1 is 1.46 bits per heavy atom. The van der Waals surface area contributed by atoms with Gasteiger partial charge in [0.1, 0.15) is 0 Å². The molecule has 0 atom stereocenters. The van der Waals surface area contributed by atoms with Crippen molar-refractivity contribution in [1.29, 1.82) is 0 Å². The summed E-state index contributed by atoms with van der Waals surface area (Å²) >= 11 is 1.49. The third-order valence-corrected chi connectivity index (χ3v) is 3.29. The van der Waals surface area contributed by atoms with E-state index in [0.717, 1.165) is 32.5 Å². The van der Waals surface area contributed by atoms with Gasteiger partial charge in [-0.3, -0.25) is 4.79 Å². The number of hydrogen-bond donors (Lipinski definition) is 1. The molecule has 0 amide bonds. The quantitative estimate of drug-likeness (QED) is 0.556. The van der Waals surface area contributed by atoms with Crippen molar-refractivity contribution in [2.24, 2.45) is 0 Å². The van der Waals surface area contributed by atoms with Crippen molar-refractivity contribution in [3.63, 3.8) is 0 Å². The fourth-order valence-electron chi connectivity index (χ4n) is 1.37. The minimum atomic E-state index is 0.742. The van der Waals surface area contributed by atoms with Crippen LogP contribution in [0.3, 0.4) is 0 Å². The minimum absolute atomic E-state index is 0.742. The molecule has 0 unspecified atom stereocenters. The molecule has 0 aliphatic heterocycles. The van der Waals surface area contributed by atoms with E-state index in [2.05, 4.69) is 0 Å². The van der Waals surface area contributed by atoms with Gasteiger partial charge in [-0.25, -0.2) is 0 Å². The van der Waals surface area contributed by atoms with Crippen LogP contribution in [0.15, 0.2) is 18.2 Å². The first-order chi connectivity index (χ1) is 6.22. The van der Waals surface area contributed by atoms with Gasteiger partial charge in [-0.2, -0.15) is 0 Å². The molecule has 0 saturated carbocycles. The van der Waals surface area contributed by atoms with Crippen LogP contribution in [0.4, 0.5) is 5.69 Å². The van der Waals surface area contributed by atoms with Gasteiger partial charge in [-0.1, -0.05) is 6.07 Å². The lowest BCUT2D eigenvalue weighted by atomic mass is 10.1. The molecule has 0 bridgehead atoms. The van der Waals surface area contributed by atoms with Crippen molar-refractivity contribution >= 4 is 33.4 Å². The number of fused-ring (bicyclic) bond motifs is 1. The normalized spacial score (nSPS) is 10.5. The summed E-state index contributed by atoms with van der Waals surface area (Å²) in [5.74, 6) is 0. The van der Waals surface area contributed by atoms with Crippen LogP contribution in [-0.4, -0.2) is 6.29 Å². The fourth-order valence-corrected chi connectivity index (χ4v) is 2.45. The molecule has 0 spiro atoms. The third kappa shape index (κ3) is 1.21. The second-order valence-corrected chi connectivity index (χ2v) is 4.05. The summed E-state index contributed by atoms with van der Waals surface area (Å²) in [5, 5.41) is 1.13. The molecule has 2 rings (SSSR count). The van der Waals surface area contributed by atoms with Crippen LogP contribution in [0.25, 0.3) is 10.1 Å². The van der Waals surface area contributed by atoms with E-state index in [4.69, 9.17) is 5.73 Å². The van der Waals surface area contributed by atoms with Gasteiger partial charge >= 0.3 is 0 Å². The number of rotatable bonds is 1. The van der Waals surface area contributed by atoms with Crippen LogP contribution >= 0.6 is 11.3 Å². The van der Waals surface area contributed by atoms with E-state index in [1.165, 1.54) is 11.3 Å². The zero-order valence-corrected chi connectivity index (χ0v) is 8.02. The van der Waals surface area contributed by atoms with Gasteiger partial charge in [0.15, 0.2) is 6.29 Å². The maximum Gasteiger partial charge on any atom is 0.160 e. The fraction of sp³-hybridized carbons (Fsp3) is 0.100. The van der Waals surface area contributed by atoms with E-state index in [0.29, 0.717) is 0 Å². The highest BCUT2D eigenvalue weighted by molar-refractivity contribution is 7.20. The Morgan fingerprint density at radius 2 is 2.23 bits per heavy atom. The van der Waals surface area contributed by atoms with E-state index in [1.807, 2.05) is 25.1 Å². The standard InChI is InChI=1S/C10H9NOS/c1-6-8-3-2-7(11)4-9(8)13-10(6)5-12/h2-5H,11H2,1H3. The first kappa shape index (κ1) is 8.26. The Labute approximate surface area is 80.0 Å². The first-order valence-corrected chi connectivity index (χ1v) is 4.78. The summed E-state index contributed by atoms with van der Waals surface area (Å²) < 4.78 is 1.08. The van der Waals surface area contributed by atoms with E-state index < -0.39 is 0 Å². The molecule has 13 heavy (non-hydrogen) atoms. The largest absolute Gasteiger partial charge is 0.399 e. The summed E-state index contributed by atoms with van der Waals surface area (Å²) in [6, 6.07) is 5.72. The molecule has 2 N–H and O–H groups in total. The molecule has 2 aromatic rings. The van der Waals surface area contributed by atoms with Crippen LogP contribution < -0.4 is 5.73 Å². The number of nitrogens with two attached hydrogens (primary N) is 1. The lowest BCUT2D eigenvalue weighted by molar-refractivity contribution is 0.112. The Morgan fingerprint density at radius 3 is 2.92 bits per heavy atom. The van der Waals surface area contributed by atoms with Crippen LogP contribution in [-0.2, 0) is 0 Å². The molecule has 0 aliphatic rings. The molecule has 0 fully saturated rings. The predicted octanol–water partition coefficient (Wildman–Crippen LogP) is 2.60. The van der Waals surface area contributed by atoms with Gasteiger partial charge in [0.2, 0.25) is 0 Å².